The average molecular weight is 391 g/mol. The zero-order valence-corrected chi connectivity index (χ0v) is 17.4. The van der Waals surface area contributed by atoms with Crippen LogP contribution in [0.2, 0.25) is 0 Å². The maximum Gasteiger partial charge on any atom is 0.232 e. The Hall–Kier alpha value is -1.57. The highest BCUT2D eigenvalue weighted by molar-refractivity contribution is 7.99. The Morgan fingerprint density at radius 3 is 2.56 bits per heavy atom. The molecule has 0 spiro atoms. The van der Waals surface area contributed by atoms with Gasteiger partial charge in [0.2, 0.25) is 5.95 Å². The minimum atomic E-state index is 0.679. The molecule has 0 atom stereocenters. The number of rotatable bonds is 9. The van der Waals surface area contributed by atoms with Gasteiger partial charge in [0.1, 0.15) is 0 Å². The molecule has 3 rings (SSSR count). The lowest BCUT2D eigenvalue weighted by atomic mass is 10.1. The van der Waals surface area contributed by atoms with Gasteiger partial charge in [-0.1, -0.05) is 43.3 Å². The van der Waals surface area contributed by atoms with E-state index in [1.807, 2.05) is 0 Å². The van der Waals surface area contributed by atoms with E-state index in [-0.39, 0.29) is 0 Å². The van der Waals surface area contributed by atoms with Crippen molar-refractivity contribution in [2.24, 2.45) is 5.92 Å². The normalized spacial score (nSPS) is 14.9. The summed E-state index contributed by atoms with van der Waals surface area (Å²) in [5, 5.41) is 9.88. The summed E-state index contributed by atoms with van der Waals surface area (Å²) in [4.78, 5) is 2.25. The van der Waals surface area contributed by atoms with Gasteiger partial charge < -0.3 is 14.4 Å². The molecule has 0 N–H and O–H groups in total. The second kappa shape index (κ2) is 10.1. The summed E-state index contributed by atoms with van der Waals surface area (Å²) in [5.41, 5.74) is 2.34. The molecule has 0 aliphatic carbocycles. The molecule has 0 radical (unpaired) electrons. The standard InChI is InChI=1S/C20H30N4O2S/c1-16(2)8-11-25-14-15-27-20-22-21-19(23-9-12-26-13-10-23)24(20)18-6-4-17(3)5-7-18/h4-7,16H,8-15H2,1-3H3. The molecule has 27 heavy (non-hydrogen) atoms. The molecule has 0 saturated carbocycles. The molecule has 1 aromatic carbocycles. The van der Waals surface area contributed by atoms with Gasteiger partial charge in [-0.15, -0.1) is 10.2 Å². The number of morpholine rings is 1. The summed E-state index contributed by atoms with van der Waals surface area (Å²) in [6.07, 6.45) is 1.10. The highest BCUT2D eigenvalue weighted by Gasteiger charge is 2.21. The van der Waals surface area contributed by atoms with E-state index < -0.39 is 0 Å². The largest absolute Gasteiger partial charge is 0.381 e. The highest BCUT2D eigenvalue weighted by atomic mass is 32.2. The number of aromatic nitrogens is 3. The molecular weight excluding hydrogens is 360 g/mol. The quantitative estimate of drug-likeness (QED) is 0.482. The smallest absolute Gasteiger partial charge is 0.232 e. The molecule has 1 fully saturated rings. The zero-order chi connectivity index (χ0) is 19.1. The first-order valence-electron chi connectivity index (χ1n) is 9.71. The molecule has 1 aliphatic rings. The molecule has 1 aromatic heterocycles. The van der Waals surface area contributed by atoms with Crippen molar-refractivity contribution in [2.45, 2.75) is 32.3 Å². The molecule has 1 aliphatic heterocycles. The predicted octanol–water partition coefficient (Wildman–Crippen LogP) is 3.57. The predicted molar refractivity (Wildman–Crippen MR) is 110 cm³/mol. The second-order valence-electron chi connectivity index (χ2n) is 7.20. The molecule has 6 nitrogen and oxygen atoms in total. The van der Waals surface area contributed by atoms with Crippen LogP contribution in [-0.4, -0.2) is 60.0 Å². The lowest BCUT2D eigenvalue weighted by Crippen LogP contribution is -2.37. The first-order valence-corrected chi connectivity index (χ1v) is 10.7. The van der Waals surface area contributed by atoms with Gasteiger partial charge in [-0.2, -0.15) is 0 Å². The SMILES string of the molecule is Cc1ccc(-n2c(SCCOCCC(C)C)nnc2N2CCOCC2)cc1. The summed E-state index contributed by atoms with van der Waals surface area (Å²) >= 11 is 1.70. The van der Waals surface area contributed by atoms with E-state index in [1.165, 1.54) is 5.56 Å². The van der Waals surface area contributed by atoms with Crippen molar-refractivity contribution in [3.63, 3.8) is 0 Å². The van der Waals surface area contributed by atoms with Gasteiger partial charge in [-0.3, -0.25) is 4.57 Å². The van der Waals surface area contributed by atoms with Crippen LogP contribution in [0.4, 0.5) is 5.95 Å². The third-order valence-electron chi connectivity index (χ3n) is 4.50. The van der Waals surface area contributed by atoms with Crippen molar-refractivity contribution in [2.75, 3.05) is 50.2 Å². The summed E-state index contributed by atoms with van der Waals surface area (Å²) in [5.74, 6) is 2.44. The number of thioether (sulfide) groups is 1. The first-order chi connectivity index (χ1) is 13.1. The monoisotopic (exact) mass is 390 g/mol. The van der Waals surface area contributed by atoms with Crippen LogP contribution in [0.15, 0.2) is 29.4 Å². The summed E-state index contributed by atoms with van der Waals surface area (Å²) in [6.45, 7) is 11.2. The Balaban J connectivity index is 1.71. The van der Waals surface area contributed by atoms with Crippen LogP contribution in [0, 0.1) is 12.8 Å². The Labute approximate surface area is 166 Å². The Bertz CT molecular complexity index is 697. The number of hydrogen-bond acceptors (Lipinski definition) is 6. The summed E-state index contributed by atoms with van der Waals surface area (Å²) in [7, 11) is 0. The fourth-order valence-corrected chi connectivity index (χ4v) is 3.66. The molecule has 0 amide bonds. The molecule has 148 valence electrons. The highest BCUT2D eigenvalue weighted by Crippen LogP contribution is 2.27. The van der Waals surface area contributed by atoms with E-state index in [2.05, 4.69) is 64.7 Å². The molecule has 1 saturated heterocycles. The second-order valence-corrected chi connectivity index (χ2v) is 8.26. The molecule has 2 heterocycles. The van der Waals surface area contributed by atoms with Crippen molar-refractivity contribution in [3.8, 4) is 5.69 Å². The van der Waals surface area contributed by atoms with Crippen molar-refractivity contribution in [1.29, 1.82) is 0 Å². The van der Waals surface area contributed by atoms with Crippen LogP contribution in [0.5, 0.6) is 0 Å². The maximum absolute atomic E-state index is 5.75. The number of anilines is 1. The van der Waals surface area contributed by atoms with E-state index in [4.69, 9.17) is 9.47 Å². The van der Waals surface area contributed by atoms with E-state index in [0.29, 0.717) is 5.92 Å². The number of benzene rings is 1. The van der Waals surface area contributed by atoms with Gasteiger partial charge in [0, 0.05) is 25.4 Å². The van der Waals surface area contributed by atoms with Gasteiger partial charge in [0.05, 0.1) is 25.5 Å². The molecular formula is C20H30N4O2S. The average Bonchev–Trinajstić information content (AvgIpc) is 3.09. The van der Waals surface area contributed by atoms with E-state index >= 15 is 0 Å². The number of hydrogen-bond donors (Lipinski definition) is 0. The lowest BCUT2D eigenvalue weighted by Gasteiger charge is -2.28. The fraction of sp³-hybridized carbons (Fsp3) is 0.600. The molecule has 0 bridgehead atoms. The van der Waals surface area contributed by atoms with Gasteiger partial charge in [0.25, 0.3) is 0 Å². The third-order valence-corrected chi connectivity index (χ3v) is 5.39. The first kappa shape index (κ1) is 20.2. The Morgan fingerprint density at radius 2 is 1.85 bits per heavy atom. The minimum absolute atomic E-state index is 0.679. The molecule has 7 heteroatoms. The maximum atomic E-state index is 5.75. The fourth-order valence-electron chi connectivity index (χ4n) is 2.86. The van der Waals surface area contributed by atoms with Crippen LogP contribution in [0.3, 0.4) is 0 Å². The lowest BCUT2D eigenvalue weighted by molar-refractivity contribution is 0.122. The summed E-state index contributed by atoms with van der Waals surface area (Å²) < 4.78 is 13.4. The van der Waals surface area contributed by atoms with Crippen LogP contribution in [0.25, 0.3) is 5.69 Å². The minimum Gasteiger partial charge on any atom is -0.381 e. The van der Waals surface area contributed by atoms with Gasteiger partial charge in [-0.25, -0.2) is 0 Å². The van der Waals surface area contributed by atoms with E-state index in [9.17, 15) is 0 Å². The topological polar surface area (TPSA) is 52.4 Å². The molecule has 0 unspecified atom stereocenters. The van der Waals surface area contributed by atoms with Crippen molar-refractivity contribution >= 4 is 17.7 Å². The summed E-state index contributed by atoms with van der Waals surface area (Å²) in [6, 6.07) is 8.52. The van der Waals surface area contributed by atoms with Crippen molar-refractivity contribution in [3.05, 3.63) is 29.8 Å². The van der Waals surface area contributed by atoms with Crippen LogP contribution in [0.1, 0.15) is 25.8 Å². The van der Waals surface area contributed by atoms with Gasteiger partial charge in [-0.05, 0) is 31.4 Å². The number of aryl methyl sites for hydroxylation is 1. The van der Waals surface area contributed by atoms with E-state index in [0.717, 1.165) is 68.5 Å². The molecule has 2 aromatic rings. The van der Waals surface area contributed by atoms with Crippen LogP contribution >= 0.6 is 11.8 Å². The Morgan fingerprint density at radius 1 is 1.11 bits per heavy atom. The van der Waals surface area contributed by atoms with Crippen molar-refractivity contribution in [1.82, 2.24) is 14.8 Å². The number of nitrogens with zero attached hydrogens (tertiary/aromatic N) is 4. The van der Waals surface area contributed by atoms with Crippen molar-refractivity contribution < 1.29 is 9.47 Å². The van der Waals surface area contributed by atoms with Crippen LogP contribution in [-0.2, 0) is 9.47 Å². The van der Waals surface area contributed by atoms with Crippen LogP contribution < -0.4 is 4.90 Å². The van der Waals surface area contributed by atoms with E-state index in [1.54, 1.807) is 11.8 Å². The van der Waals surface area contributed by atoms with Gasteiger partial charge >= 0.3 is 0 Å². The third kappa shape index (κ3) is 5.70. The zero-order valence-electron chi connectivity index (χ0n) is 16.6. The Kier molecular flexibility index (Phi) is 7.55. The number of ether oxygens (including phenoxy) is 2. The van der Waals surface area contributed by atoms with Gasteiger partial charge in [0.15, 0.2) is 5.16 Å².